The fourth-order valence-electron chi connectivity index (χ4n) is 2.05. The molecule has 1 aliphatic heterocycles. The van der Waals surface area contributed by atoms with Gasteiger partial charge < -0.3 is 9.84 Å². The fourth-order valence-corrected chi connectivity index (χ4v) is 2.05. The van der Waals surface area contributed by atoms with Gasteiger partial charge in [0.15, 0.2) is 5.76 Å². The van der Waals surface area contributed by atoms with Gasteiger partial charge >= 0.3 is 5.97 Å². The van der Waals surface area contributed by atoms with Crippen molar-refractivity contribution in [3.05, 3.63) is 11.5 Å². The van der Waals surface area contributed by atoms with E-state index in [9.17, 15) is 4.79 Å². The molecule has 0 unspecified atom stereocenters. The van der Waals surface area contributed by atoms with E-state index in [0.29, 0.717) is 5.92 Å². The smallest absolute Gasteiger partial charge is 0.375 e. The molecule has 2 rings (SSSR count). The molecule has 0 radical (unpaired) electrons. The number of carboxylic acids is 1. The van der Waals surface area contributed by atoms with Crippen LogP contribution in [0.5, 0.6) is 0 Å². The van der Waals surface area contributed by atoms with Crippen molar-refractivity contribution in [2.24, 2.45) is 5.92 Å². The second-order valence-electron chi connectivity index (χ2n) is 3.87. The number of carbonyl (C=O) groups is 1. The normalized spacial score (nSPS) is 22.8. The van der Waals surface area contributed by atoms with Gasteiger partial charge in [-0.05, 0) is 5.92 Å². The van der Waals surface area contributed by atoms with Crippen molar-refractivity contribution in [1.29, 1.82) is 0 Å². The Labute approximate surface area is 77.4 Å². The van der Waals surface area contributed by atoms with E-state index < -0.39 is 5.97 Å². The van der Waals surface area contributed by atoms with E-state index in [1.165, 1.54) is 32.1 Å². The average molecular weight is 182 g/mol. The monoisotopic (exact) mass is 182 g/mol. The molecule has 1 N–H and O–H groups in total. The van der Waals surface area contributed by atoms with E-state index in [0.717, 1.165) is 12.2 Å². The molecule has 1 saturated carbocycles. The first-order chi connectivity index (χ1) is 6.27. The second-order valence-corrected chi connectivity index (χ2v) is 3.87. The molecule has 3 heteroatoms. The molecule has 0 atom stereocenters. The summed E-state index contributed by atoms with van der Waals surface area (Å²) in [6, 6.07) is 0. The molecule has 0 spiro atoms. The van der Waals surface area contributed by atoms with Crippen LogP contribution in [0.25, 0.3) is 0 Å². The van der Waals surface area contributed by atoms with Gasteiger partial charge in [0.1, 0.15) is 0 Å². The Morgan fingerprint density at radius 3 is 2.62 bits per heavy atom. The summed E-state index contributed by atoms with van der Waals surface area (Å²) < 4.78 is 4.91. The molecule has 2 aliphatic rings. The Morgan fingerprint density at radius 1 is 1.38 bits per heavy atom. The van der Waals surface area contributed by atoms with Crippen molar-refractivity contribution in [1.82, 2.24) is 0 Å². The molecular formula is C10H14O3. The SMILES string of the molecule is O=C(O)C1=C(CC2CCCCC2)O1. The van der Waals surface area contributed by atoms with Crippen molar-refractivity contribution < 1.29 is 14.6 Å². The Morgan fingerprint density at radius 2 is 2.08 bits per heavy atom. The summed E-state index contributed by atoms with van der Waals surface area (Å²) in [5.74, 6) is 0.677. The topological polar surface area (TPSA) is 49.8 Å². The Hall–Kier alpha value is -0.990. The van der Waals surface area contributed by atoms with Crippen LogP contribution in [0.15, 0.2) is 11.5 Å². The molecule has 0 saturated heterocycles. The summed E-state index contributed by atoms with van der Waals surface area (Å²) >= 11 is 0. The number of allylic oxidation sites excluding steroid dienone is 1. The maximum absolute atomic E-state index is 10.4. The highest BCUT2D eigenvalue weighted by Crippen LogP contribution is 2.37. The minimum atomic E-state index is -0.911. The highest BCUT2D eigenvalue weighted by Gasteiger charge is 2.33. The minimum Gasteiger partial charge on any atom is -0.475 e. The minimum absolute atomic E-state index is 0.200. The van der Waals surface area contributed by atoms with Gasteiger partial charge in [-0.1, -0.05) is 32.1 Å². The van der Waals surface area contributed by atoms with Crippen LogP contribution < -0.4 is 0 Å². The molecule has 3 nitrogen and oxygen atoms in total. The first-order valence-corrected chi connectivity index (χ1v) is 4.91. The van der Waals surface area contributed by atoms with Gasteiger partial charge in [0, 0.05) is 6.42 Å². The second kappa shape index (κ2) is 3.40. The maximum Gasteiger partial charge on any atom is 0.375 e. The fraction of sp³-hybridized carbons (Fsp3) is 0.700. The predicted octanol–water partition coefficient (Wildman–Crippen LogP) is 2.28. The van der Waals surface area contributed by atoms with Crippen LogP contribution in [0, 0.1) is 5.92 Å². The number of rotatable bonds is 3. The van der Waals surface area contributed by atoms with Gasteiger partial charge in [0.2, 0.25) is 5.76 Å². The molecule has 1 fully saturated rings. The highest BCUT2D eigenvalue weighted by atomic mass is 16.6. The van der Waals surface area contributed by atoms with Gasteiger partial charge in [-0.2, -0.15) is 0 Å². The average Bonchev–Trinajstić information content (AvgIpc) is 2.86. The summed E-state index contributed by atoms with van der Waals surface area (Å²) in [5.41, 5.74) is 0. The zero-order valence-electron chi connectivity index (χ0n) is 7.58. The van der Waals surface area contributed by atoms with Gasteiger partial charge in [0.25, 0.3) is 0 Å². The van der Waals surface area contributed by atoms with E-state index in [2.05, 4.69) is 0 Å². The van der Waals surface area contributed by atoms with E-state index in [1.807, 2.05) is 0 Å². The van der Waals surface area contributed by atoms with E-state index >= 15 is 0 Å². The summed E-state index contributed by atoms with van der Waals surface area (Å²) in [7, 11) is 0. The van der Waals surface area contributed by atoms with Crippen molar-refractivity contribution in [2.45, 2.75) is 38.5 Å². The van der Waals surface area contributed by atoms with E-state index in [1.54, 1.807) is 0 Å². The first kappa shape index (κ1) is 8.60. The lowest BCUT2D eigenvalue weighted by Crippen LogP contribution is -2.05. The van der Waals surface area contributed by atoms with Crippen LogP contribution in [0.3, 0.4) is 0 Å². The third kappa shape index (κ3) is 2.02. The predicted molar refractivity (Wildman–Crippen MR) is 46.9 cm³/mol. The van der Waals surface area contributed by atoms with Crippen LogP contribution in [0.1, 0.15) is 38.5 Å². The summed E-state index contributed by atoms with van der Waals surface area (Å²) in [4.78, 5) is 10.4. The number of carboxylic acid groups (broad SMARTS) is 1. The standard InChI is InChI=1S/C10H14O3/c11-10(12)9-8(13-9)6-7-4-2-1-3-5-7/h7H,1-6H2,(H,11,12). The molecule has 0 bridgehead atoms. The zero-order chi connectivity index (χ0) is 9.26. The molecule has 0 aromatic rings. The highest BCUT2D eigenvalue weighted by molar-refractivity contribution is 5.88. The Bertz CT molecular complexity index is 249. The van der Waals surface area contributed by atoms with Crippen LogP contribution in [0.4, 0.5) is 0 Å². The van der Waals surface area contributed by atoms with Crippen LogP contribution in [0.2, 0.25) is 0 Å². The lowest BCUT2D eigenvalue weighted by atomic mass is 9.87. The molecule has 13 heavy (non-hydrogen) atoms. The molecule has 1 heterocycles. The quantitative estimate of drug-likeness (QED) is 0.728. The third-order valence-electron chi connectivity index (χ3n) is 2.83. The Balaban J connectivity index is 1.82. The number of ether oxygens (including phenoxy) is 1. The van der Waals surface area contributed by atoms with Crippen LogP contribution >= 0.6 is 0 Å². The number of aliphatic carboxylic acids is 1. The number of hydrogen-bond donors (Lipinski definition) is 1. The van der Waals surface area contributed by atoms with Crippen molar-refractivity contribution in [3.8, 4) is 0 Å². The molecule has 0 aromatic carbocycles. The molecule has 0 aromatic heterocycles. The molecular weight excluding hydrogens is 168 g/mol. The van der Waals surface area contributed by atoms with Gasteiger partial charge in [0.05, 0.1) is 0 Å². The maximum atomic E-state index is 10.4. The molecule has 1 aliphatic carbocycles. The zero-order valence-corrected chi connectivity index (χ0v) is 7.58. The first-order valence-electron chi connectivity index (χ1n) is 4.91. The largest absolute Gasteiger partial charge is 0.475 e. The lowest BCUT2D eigenvalue weighted by molar-refractivity contribution is -0.133. The Kier molecular flexibility index (Phi) is 2.25. The van der Waals surface area contributed by atoms with Crippen LogP contribution in [-0.2, 0) is 9.53 Å². The summed E-state index contributed by atoms with van der Waals surface area (Å²) in [6.45, 7) is 0. The van der Waals surface area contributed by atoms with Crippen LogP contribution in [-0.4, -0.2) is 11.1 Å². The van der Waals surface area contributed by atoms with E-state index in [4.69, 9.17) is 9.84 Å². The van der Waals surface area contributed by atoms with Gasteiger partial charge in [-0.15, -0.1) is 0 Å². The summed E-state index contributed by atoms with van der Waals surface area (Å²) in [5, 5.41) is 8.57. The third-order valence-corrected chi connectivity index (χ3v) is 2.83. The number of hydrogen-bond acceptors (Lipinski definition) is 2. The van der Waals surface area contributed by atoms with Crippen molar-refractivity contribution >= 4 is 5.97 Å². The lowest BCUT2D eigenvalue weighted by Gasteiger charge is -2.19. The van der Waals surface area contributed by atoms with Crippen molar-refractivity contribution in [3.63, 3.8) is 0 Å². The molecule has 0 amide bonds. The van der Waals surface area contributed by atoms with E-state index in [-0.39, 0.29) is 5.76 Å². The van der Waals surface area contributed by atoms with Crippen molar-refractivity contribution in [2.75, 3.05) is 0 Å². The summed E-state index contributed by atoms with van der Waals surface area (Å²) in [6.07, 6.45) is 7.24. The molecule has 72 valence electrons. The van der Waals surface area contributed by atoms with Gasteiger partial charge in [-0.25, -0.2) is 4.79 Å². The van der Waals surface area contributed by atoms with Gasteiger partial charge in [-0.3, -0.25) is 0 Å².